The number of nitrogens with zero attached hydrogens (tertiary/aromatic N) is 1. The SMILES string of the molecule is Cc1ccc(-c2csc(CC3(CO)CC3)n2)o1. The number of rotatable bonds is 4. The Bertz CT molecular complexity index is 525. The molecule has 0 bridgehead atoms. The Balaban J connectivity index is 1.79. The second-order valence-electron chi connectivity index (χ2n) is 4.87. The van der Waals surface area contributed by atoms with Gasteiger partial charge in [-0.05, 0) is 37.3 Å². The molecule has 0 atom stereocenters. The van der Waals surface area contributed by atoms with E-state index in [1.807, 2.05) is 24.4 Å². The molecule has 2 heterocycles. The summed E-state index contributed by atoms with van der Waals surface area (Å²) in [5, 5.41) is 12.4. The van der Waals surface area contributed by atoms with Crippen LogP contribution in [-0.4, -0.2) is 16.7 Å². The zero-order valence-corrected chi connectivity index (χ0v) is 10.6. The molecule has 0 saturated heterocycles. The summed E-state index contributed by atoms with van der Waals surface area (Å²) in [5.74, 6) is 1.74. The summed E-state index contributed by atoms with van der Waals surface area (Å²) in [6.07, 6.45) is 3.14. The van der Waals surface area contributed by atoms with Crippen LogP contribution in [0.5, 0.6) is 0 Å². The van der Waals surface area contributed by atoms with Crippen molar-refractivity contribution in [2.75, 3.05) is 6.61 Å². The summed E-state index contributed by atoms with van der Waals surface area (Å²) < 4.78 is 5.55. The van der Waals surface area contributed by atoms with Gasteiger partial charge in [0.25, 0.3) is 0 Å². The highest BCUT2D eigenvalue weighted by atomic mass is 32.1. The molecule has 0 aliphatic heterocycles. The highest BCUT2D eigenvalue weighted by molar-refractivity contribution is 7.09. The van der Waals surface area contributed by atoms with Crippen molar-refractivity contribution in [1.82, 2.24) is 4.98 Å². The summed E-state index contributed by atoms with van der Waals surface area (Å²) in [6, 6.07) is 3.90. The van der Waals surface area contributed by atoms with Crippen LogP contribution in [0.15, 0.2) is 21.9 Å². The monoisotopic (exact) mass is 249 g/mol. The first-order valence-electron chi connectivity index (χ1n) is 5.83. The van der Waals surface area contributed by atoms with Crippen LogP contribution in [0.2, 0.25) is 0 Å². The van der Waals surface area contributed by atoms with E-state index < -0.39 is 0 Å². The third-order valence-electron chi connectivity index (χ3n) is 3.36. The van der Waals surface area contributed by atoms with Gasteiger partial charge in [-0.2, -0.15) is 0 Å². The molecule has 1 N–H and O–H groups in total. The molecule has 17 heavy (non-hydrogen) atoms. The molecule has 0 unspecified atom stereocenters. The van der Waals surface area contributed by atoms with Gasteiger partial charge in [-0.15, -0.1) is 11.3 Å². The van der Waals surface area contributed by atoms with Crippen molar-refractivity contribution in [2.24, 2.45) is 5.41 Å². The van der Waals surface area contributed by atoms with Crippen molar-refractivity contribution in [1.29, 1.82) is 0 Å². The van der Waals surface area contributed by atoms with Gasteiger partial charge < -0.3 is 9.52 Å². The van der Waals surface area contributed by atoms with Crippen LogP contribution in [0.25, 0.3) is 11.5 Å². The van der Waals surface area contributed by atoms with Crippen molar-refractivity contribution in [3.8, 4) is 11.5 Å². The molecular formula is C13H15NO2S. The Morgan fingerprint density at radius 3 is 2.88 bits per heavy atom. The van der Waals surface area contributed by atoms with Gasteiger partial charge in [0.2, 0.25) is 0 Å². The minimum atomic E-state index is 0.133. The predicted molar refractivity (Wildman–Crippen MR) is 67.0 cm³/mol. The quantitative estimate of drug-likeness (QED) is 0.906. The van der Waals surface area contributed by atoms with Crippen molar-refractivity contribution in [3.63, 3.8) is 0 Å². The molecule has 0 amide bonds. The van der Waals surface area contributed by atoms with Crippen LogP contribution < -0.4 is 0 Å². The Morgan fingerprint density at radius 1 is 1.47 bits per heavy atom. The Hall–Kier alpha value is -1.13. The molecule has 0 aromatic carbocycles. The van der Waals surface area contributed by atoms with Gasteiger partial charge in [0, 0.05) is 18.4 Å². The van der Waals surface area contributed by atoms with E-state index in [1.165, 1.54) is 0 Å². The summed E-state index contributed by atoms with van der Waals surface area (Å²) in [4.78, 5) is 4.58. The maximum absolute atomic E-state index is 9.30. The first-order valence-corrected chi connectivity index (χ1v) is 6.71. The fourth-order valence-electron chi connectivity index (χ4n) is 1.97. The van der Waals surface area contributed by atoms with E-state index in [1.54, 1.807) is 11.3 Å². The number of hydrogen-bond donors (Lipinski definition) is 1. The molecule has 90 valence electrons. The molecule has 0 spiro atoms. The molecule has 1 fully saturated rings. The molecule has 3 nitrogen and oxygen atoms in total. The van der Waals surface area contributed by atoms with Crippen LogP contribution >= 0.6 is 11.3 Å². The van der Waals surface area contributed by atoms with Gasteiger partial charge in [0.05, 0.1) is 5.01 Å². The number of furan rings is 1. The summed E-state index contributed by atoms with van der Waals surface area (Å²) in [7, 11) is 0. The fourth-order valence-corrected chi connectivity index (χ4v) is 2.92. The molecule has 1 aliphatic carbocycles. The number of aliphatic hydroxyl groups excluding tert-OH is 1. The van der Waals surface area contributed by atoms with Gasteiger partial charge in [-0.25, -0.2) is 4.98 Å². The first kappa shape index (κ1) is 11.0. The number of aromatic nitrogens is 1. The third-order valence-corrected chi connectivity index (χ3v) is 4.21. The maximum Gasteiger partial charge on any atom is 0.153 e. The van der Waals surface area contributed by atoms with Crippen molar-refractivity contribution >= 4 is 11.3 Å². The van der Waals surface area contributed by atoms with E-state index in [-0.39, 0.29) is 12.0 Å². The minimum absolute atomic E-state index is 0.133. The van der Waals surface area contributed by atoms with Gasteiger partial charge in [-0.3, -0.25) is 0 Å². The van der Waals surface area contributed by atoms with Crippen molar-refractivity contribution in [3.05, 3.63) is 28.3 Å². The number of aliphatic hydroxyl groups is 1. The lowest BCUT2D eigenvalue weighted by Crippen LogP contribution is -2.09. The van der Waals surface area contributed by atoms with Crippen LogP contribution in [0.1, 0.15) is 23.6 Å². The fraction of sp³-hybridized carbons (Fsp3) is 0.462. The predicted octanol–water partition coefficient (Wildman–Crippen LogP) is 3.03. The Morgan fingerprint density at radius 2 is 2.29 bits per heavy atom. The lowest BCUT2D eigenvalue weighted by Gasteiger charge is -2.07. The molecule has 1 saturated carbocycles. The van der Waals surface area contributed by atoms with Crippen LogP contribution in [0, 0.1) is 12.3 Å². The first-order chi connectivity index (χ1) is 8.21. The van der Waals surface area contributed by atoms with E-state index in [0.717, 1.165) is 41.5 Å². The summed E-state index contributed by atoms with van der Waals surface area (Å²) >= 11 is 1.65. The molecule has 3 rings (SSSR count). The number of aryl methyl sites for hydroxylation is 1. The lowest BCUT2D eigenvalue weighted by atomic mass is 10.1. The molecule has 1 aliphatic rings. The standard InChI is InChI=1S/C13H15NO2S/c1-9-2-3-11(16-9)10-7-17-12(14-10)6-13(8-15)4-5-13/h2-3,7,15H,4-6,8H2,1H3. The maximum atomic E-state index is 9.30. The summed E-state index contributed by atoms with van der Waals surface area (Å²) in [5.41, 5.74) is 1.04. The molecule has 2 aromatic heterocycles. The highest BCUT2D eigenvalue weighted by Crippen LogP contribution is 2.48. The second-order valence-corrected chi connectivity index (χ2v) is 5.81. The second kappa shape index (κ2) is 3.96. The van der Waals surface area contributed by atoms with Gasteiger partial charge in [0.15, 0.2) is 5.76 Å². The van der Waals surface area contributed by atoms with Gasteiger partial charge in [-0.1, -0.05) is 0 Å². The molecule has 2 aromatic rings. The van der Waals surface area contributed by atoms with E-state index in [0.29, 0.717) is 0 Å². The molecule has 4 heteroatoms. The van der Waals surface area contributed by atoms with Crippen LogP contribution in [0.3, 0.4) is 0 Å². The van der Waals surface area contributed by atoms with E-state index >= 15 is 0 Å². The topological polar surface area (TPSA) is 46.3 Å². The number of hydrogen-bond acceptors (Lipinski definition) is 4. The lowest BCUT2D eigenvalue weighted by molar-refractivity contribution is 0.211. The number of thiazole rings is 1. The zero-order chi connectivity index (χ0) is 11.9. The zero-order valence-electron chi connectivity index (χ0n) is 9.77. The highest BCUT2D eigenvalue weighted by Gasteiger charge is 2.42. The van der Waals surface area contributed by atoms with Gasteiger partial charge in [0.1, 0.15) is 11.5 Å². The third kappa shape index (κ3) is 2.15. The summed E-state index contributed by atoms with van der Waals surface area (Å²) in [6.45, 7) is 2.21. The van der Waals surface area contributed by atoms with Crippen molar-refractivity contribution < 1.29 is 9.52 Å². The Kier molecular flexibility index (Phi) is 2.56. The van der Waals surface area contributed by atoms with Crippen molar-refractivity contribution in [2.45, 2.75) is 26.2 Å². The van der Waals surface area contributed by atoms with Crippen LogP contribution in [0.4, 0.5) is 0 Å². The van der Waals surface area contributed by atoms with Crippen LogP contribution in [-0.2, 0) is 6.42 Å². The van der Waals surface area contributed by atoms with Gasteiger partial charge >= 0.3 is 0 Å². The minimum Gasteiger partial charge on any atom is -0.460 e. The normalized spacial score (nSPS) is 17.3. The average Bonchev–Trinajstić information content (AvgIpc) is 2.73. The largest absolute Gasteiger partial charge is 0.460 e. The smallest absolute Gasteiger partial charge is 0.153 e. The molecule has 0 radical (unpaired) electrons. The molecular weight excluding hydrogens is 234 g/mol. The average molecular weight is 249 g/mol. The van der Waals surface area contributed by atoms with E-state index in [4.69, 9.17) is 4.42 Å². The van der Waals surface area contributed by atoms with E-state index in [2.05, 4.69) is 4.98 Å². The van der Waals surface area contributed by atoms with E-state index in [9.17, 15) is 5.11 Å². The Labute approximate surface area is 104 Å².